The molecule has 0 aliphatic rings. The molecule has 0 radical (unpaired) electrons. The molecule has 0 bridgehead atoms. The van der Waals surface area contributed by atoms with Crippen LogP contribution in [0.15, 0.2) is 12.4 Å². The number of aromatic nitrogens is 2. The van der Waals surface area contributed by atoms with Crippen LogP contribution in [0.4, 0.5) is 11.6 Å². The van der Waals surface area contributed by atoms with Gasteiger partial charge in [-0.05, 0) is 13.3 Å². The molecule has 18 heavy (non-hydrogen) atoms. The van der Waals surface area contributed by atoms with E-state index in [0.717, 1.165) is 18.2 Å². The van der Waals surface area contributed by atoms with Crippen molar-refractivity contribution in [2.45, 2.75) is 32.7 Å². The fourth-order valence-electron chi connectivity index (χ4n) is 1.63. The summed E-state index contributed by atoms with van der Waals surface area (Å²) in [5.41, 5.74) is 5.68. The van der Waals surface area contributed by atoms with Crippen LogP contribution >= 0.6 is 0 Å². The average molecular weight is 251 g/mol. The Labute approximate surface area is 110 Å². The molecule has 0 aliphatic carbocycles. The first-order chi connectivity index (χ1) is 8.60. The molecule has 1 aromatic rings. The summed E-state index contributed by atoms with van der Waals surface area (Å²) in [6, 6.07) is 2.29. The van der Waals surface area contributed by atoms with Crippen LogP contribution in [0.1, 0.15) is 26.7 Å². The summed E-state index contributed by atoms with van der Waals surface area (Å²) >= 11 is 0. The van der Waals surface area contributed by atoms with E-state index in [9.17, 15) is 0 Å². The van der Waals surface area contributed by atoms with Gasteiger partial charge in [-0.1, -0.05) is 13.3 Å². The van der Waals surface area contributed by atoms with Crippen molar-refractivity contribution in [3.8, 4) is 0 Å². The minimum Gasteiger partial charge on any atom is -0.360 e. The Kier molecular flexibility index (Phi) is 5.85. The summed E-state index contributed by atoms with van der Waals surface area (Å²) in [5, 5.41) is 0. The highest BCUT2D eigenvalue weighted by molar-refractivity contribution is 5.49. The Hall–Kier alpha value is -1.36. The summed E-state index contributed by atoms with van der Waals surface area (Å²) in [6.07, 6.45) is 3.98. The lowest BCUT2D eigenvalue weighted by Crippen LogP contribution is -2.36. The number of unbranched alkanes of at least 4 members (excludes halogenated alkanes) is 1. The lowest BCUT2D eigenvalue weighted by Gasteiger charge is -2.26. The van der Waals surface area contributed by atoms with Gasteiger partial charge in [0.1, 0.15) is 18.0 Å². The molecule has 5 heteroatoms. The van der Waals surface area contributed by atoms with Crippen LogP contribution in [0.25, 0.3) is 0 Å². The van der Waals surface area contributed by atoms with Crippen LogP contribution < -0.4 is 15.5 Å². The summed E-state index contributed by atoms with van der Waals surface area (Å²) in [7, 11) is 4.07. The topological polar surface area (TPSA) is 58.3 Å². The van der Waals surface area contributed by atoms with Crippen molar-refractivity contribution in [3.63, 3.8) is 0 Å². The lowest BCUT2D eigenvalue weighted by molar-refractivity contribution is 0.685. The second-order valence-corrected chi connectivity index (χ2v) is 4.71. The average Bonchev–Trinajstić information content (AvgIpc) is 2.43. The van der Waals surface area contributed by atoms with Crippen LogP contribution in [0.5, 0.6) is 0 Å². The Morgan fingerprint density at radius 1 is 1.28 bits per heavy atom. The maximum Gasteiger partial charge on any atom is 0.134 e. The molecule has 0 saturated heterocycles. The first-order valence-corrected chi connectivity index (χ1v) is 6.56. The van der Waals surface area contributed by atoms with Crippen LogP contribution in [0.2, 0.25) is 0 Å². The van der Waals surface area contributed by atoms with Gasteiger partial charge < -0.3 is 15.5 Å². The molecule has 102 valence electrons. The largest absolute Gasteiger partial charge is 0.360 e. The third kappa shape index (κ3) is 3.84. The third-order valence-corrected chi connectivity index (χ3v) is 3.24. The fraction of sp³-hybridized carbons (Fsp3) is 0.692. The van der Waals surface area contributed by atoms with Gasteiger partial charge in [0.15, 0.2) is 0 Å². The van der Waals surface area contributed by atoms with Crippen molar-refractivity contribution in [2.75, 3.05) is 37.0 Å². The lowest BCUT2D eigenvalue weighted by atomic mass is 10.3. The molecule has 0 aliphatic heterocycles. The second-order valence-electron chi connectivity index (χ2n) is 4.71. The fourth-order valence-corrected chi connectivity index (χ4v) is 1.63. The van der Waals surface area contributed by atoms with E-state index >= 15 is 0 Å². The van der Waals surface area contributed by atoms with Gasteiger partial charge in [0.2, 0.25) is 0 Å². The molecular weight excluding hydrogens is 226 g/mol. The quantitative estimate of drug-likeness (QED) is 0.796. The highest BCUT2D eigenvalue weighted by Crippen LogP contribution is 2.17. The standard InChI is InChI=1S/C13H25N5/c1-5-6-7-17(3)12-8-13(16-10-15-12)18(4)11(2)9-14/h8,10-11H,5-7,9,14H2,1-4H3. The molecule has 1 rings (SSSR count). The van der Waals surface area contributed by atoms with Crippen molar-refractivity contribution in [3.05, 3.63) is 12.4 Å². The number of hydrogen-bond donors (Lipinski definition) is 1. The van der Waals surface area contributed by atoms with E-state index in [2.05, 4.69) is 40.7 Å². The van der Waals surface area contributed by atoms with Crippen LogP contribution in [0.3, 0.4) is 0 Å². The Bertz CT molecular complexity index is 355. The maximum atomic E-state index is 5.68. The van der Waals surface area contributed by atoms with Crippen molar-refractivity contribution in [1.29, 1.82) is 0 Å². The zero-order valence-electron chi connectivity index (χ0n) is 11.9. The molecule has 2 N–H and O–H groups in total. The first kappa shape index (κ1) is 14.7. The minimum absolute atomic E-state index is 0.272. The molecule has 0 fully saturated rings. The predicted molar refractivity (Wildman–Crippen MR) is 77.1 cm³/mol. The zero-order valence-corrected chi connectivity index (χ0v) is 11.9. The van der Waals surface area contributed by atoms with Crippen LogP contribution in [-0.2, 0) is 0 Å². The van der Waals surface area contributed by atoms with Gasteiger partial charge in [0, 0.05) is 39.3 Å². The molecule has 1 heterocycles. The number of nitrogens with zero attached hydrogens (tertiary/aromatic N) is 4. The third-order valence-electron chi connectivity index (χ3n) is 3.24. The molecule has 1 atom stereocenters. The first-order valence-electron chi connectivity index (χ1n) is 6.56. The van der Waals surface area contributed by atoms with Gasteiger partial charge in [0.05, 0.1) is 0 Å². The van der Waals surface area contributed by atoms with E-state index in [1.807, 2.05) is 13.1 Å². The highest BCUT2D eigenvalue weighted by atomic mass is 15.2. The van der Waals surface area contributed by atoms with Gasteiger partial charge in [0.25, 0.3) is 0 Å². The van der Waals surface area contributed by atoms with Crippen molar-refractivity contribution < 1.29 is 0 Å². The van der Waals surface area contributed by atoms with E-state index in [1.165, 1.54) is 12.8 Å². The summed E-state index contributed by atoms with van der Waals surface area (Å²) in [5.74, 6) is 1.88. The zero-order chi connectivity index (χ0) is 13.5. The molecule has 0 saturated carbocycles. The van der Waals surface area contributed by atoms with Crippen molar-refractivity contribution >= 4 is 11.6 Å². The number of nitrogens with two attached hydrogens (primary N) is 1. The second kappa shape index (κ2) is 7.16. The summed E-state index contributed by atoms with van der Waals surface area (Å²) < 4.78 is 0. The predicted octanol–water partition coefficient (Wildman–Crippen LogP) is 1.50. The van der Waals surface area contributed by atoms with Gasteiger partial charge in [-0.2, -0.15) is 0 Å². The van der Waals surface area contributed by atoms with Gasteiger partial charge in [-0.25, -0.2) is 9.97 Å². The van der Waals surface area contributed by atoms with Crippen LogP contribution in [-0.4, -0.2) is 43.2 Å². The minimum atomic E-state index is 0.272. The Morgan fingerprint density at radius 2 is 1.94 bits per heavy atom. The molecule has 0 spiro atoms. The van der Waals surface area contributed by atoms with Gasteiger partial charge in [-0.3, -0.25) is 0 Å². The van der Waals surface area contributed by atoms with Crippen molar-refractivity contribution in [1.82, 2.24) is 9.97 Å². The Balaban J connectivity index is 2.78. The van der Waals surface area contributed by atoms with E-state index in [1.54, 1.807) is 6.33 Å². The molecule has 1 unspecified atom stereocenters. The highest BCUT2D eigenvalue weighted by Gasteiger charge is 2.11. The molecule has 1 aromatic heterocycles. The molecule has 5 nitrogen and oxygen atoms in total. The Morgan fingerprint density at radius 3 is 2.56 bits per heavy atom. The summed E-state index contributed by atoms with van der Waals surface area (Å²) in [6.45, 7) is 5.91. The number of rotatable bonds is 7. The normalized spacial score (nSPS) is 12.3. The number of hydrogen-bond acceptors (Lipinski definition) is 5. The molecular formula is C13H25N5. The van der Waals surface area contributed by atoms with Gasteiger partial charge >= 0.3 is 0 Å². The van der Waals surface area contributed by atoms with E-state index in [-0.39, 0.29) is 6.04 Å². The summed E-state index contributed by atoms with van der Waals surface area (Å²) in [4.78, 5) is 12.9. The van der Waals surface area contributed by atoms with E-state index < -0.39 is 0 Å². The number of likely N-dealkylation sites (N-methyl/N-ethyl adjacent to an activating group) is 1. The van der Waals surface area contributed by atoms with E-state index in [0.29, 0.717) is 6.54 Å². The van der Waals surface area contributed by atoms with E-state index in [4.69, 9.17) is 5.73 Å². The van der Waals surface area contributed by atoms with Gasteiger partial charge in [-0.15, -0.1) is 0 Å². The molecule has 0 amide bonds. The smallest absolute Gasteiger partial charge is 0.134 e. The van der Waals surface area contributed by atoms with Crippen LogP contribution in [0, 0.1) is 0 Å². The van der Waals surface area contributed by atoms with Crippen molar-refractivity contribution in [2.24, 2.45) is 5.73 Å². The monoisotopic (exact) mass is 251 g/mol. The SMILES string of the molecule is CCCCN(C)c1cc(N(C)C(C)CN)ncn1. The molecule has 0 aromatic carbocycles. The number of anilines is 2. The maximum absolute atomic E-state index is 5.68.